The Bertz CT molecular complexity index is 512. The largest absolute Gasteiger partial charge is 0.416 e. The number of hydrogen-bond acceptors (Lipinski definition) is 1. The Balaban J connectivity index is 2.98. The Morgan fingerprint density at radius 1 is 1.09 bits per heavy atom. The Morgan fingerprint density at radius 3 is 2.09 bits per heavy atom. The second-order valence-electron chi connectivity index (χ2n) is 6.60. The smallest absolute Gasteiger partial charge is 0.385 e. The Hall–Kier alpha value is -1.45. The van der Waals surface area contributed by atoms with Gasteiger partial charge in [-0.3, -0.25) is 0 Å². The van der Waals surface area contributed by atoms with E-state index in [1.807, 2.05) is 13.8 Å². The quantitative estimate of drug-likeness (QED) is 0.612. The zero-order chi connectivity index (χ0) is 17.7. The molecule has 0 aliphatic heterocycles. The number of allylic oxidation sites excluding steroid dienone is 1. The van der Waals surface area contributed by atoms with Gasteiger partial charge in [0.15, 0.2) is 0 Å². The topological polar surface area (TPSA) is 12.0 Å². The molecule has 0 atom stereocenters. The van der Waals surface area contributed by atoms with E-state index >= 15 is 0 Å². The lowest BCUT2D eigenvalue weighted by Crippen LogP contribution is -2.36. The zero-order valence-electron chi connectivity index (χ0n) is 14.6. The summed E-state index contributed by atoms with van der Waals surface area (Å²) in [4.78, 5) is 0. The molecule has 0 spiro atoms. The van der Waals surface area contributed by atoms with Gasteiger partial charge in [-0.25, -0.2) is 0 Å². The highest BCUT2D eigenvalue weighted by Gasteiger charge is 2.33. The van der Waals surface area contributed by atoms with Gasteiger partial charge in [-0.1, -0.05) is 65.3 Å². The summed E-state index contributed by atoms with van der Waals surface area (Å²) >= 11 is 0. The van der Waals surface area contributed by atoms with E-state index in [9.17, 15) is 13.2 Å². The molecule has 0 fully saturated rings. The lowest BCUT2D eigenvalue weighted by atomic mass is 9.80. The van der Waals surface area contributed by atoms with Crippen LogP contribution in [0, 0.1) is 0 Å². The van der Waals surface area contributed by atoms with Crippen molar-refractivity contribution in [3.05, 3.63) is 47.7 Å². The Kier molecular flexibility index (Phi) is 6.72. The summed E-state index contributed by atoms with van der Waals surface area (Å²) in [5.41, 5.74) is 0.205. The maximum atomic E-state index is 12.9. The summed E-state index contributed by atoms with van der Waals surface area (Å²) in [6, 6.07) is 5.84. The zero-order valence-corrected chi connectivity index (χ0v) is 14.6. The van der Waals surface area contributed by atoms with Gasteiger partial charge in [0.1, 0.15) is 0 Å². The normalized spacial score (nSPS) is 12.5. The molecule has 0 aromatic heterocycles. The molecule has 0 saturated carbocycles. The number of nitrogens with one attached hydrogen (secondary N) is 1. The first-order chi connectivity index (χ1) is 10.6. The van der Waals surface area contributed by atoms with Crippen LogP contribution in [0.2, 0.25) is 0 Å². The van der Waals surface area contributed by atoms with Gasteiger partial charge in [0.2, 0.25) is 0 Å². The lowest BCUT2D eigenvalue weighted by molar-refractivity contribution is -0.137. The maximum Gasteiger partial charge on any atom is 0.416 e. The molecule has 0 heterocycles. The van der Waals surface area contributed by atoms with E-state index in [1.165, 1.54) is 12.1 Å². The highest BCUT2D eigenvalue weighted by atomic mass is 19.4. The predicted molar refractivity (Wildman–Crippen MR) is 90.3 cm³/mol. The van der Waals surface area contributed by atoms with Gasteiger partial charge in [0.25, 0.3) is 0 Å². The minimum absolute atomic E-state index is 0.322. The van der Waals surface area contributed by atoms with Gasteiger partial charge < -0.3 is 5.32 Å². The van der Waals surface area contributed by atoms with Crippen LogP contribution >= 0.6 is 0 Å². The van der Waals surface area contributed by atoms with Gasteiger partial charge in [-0.05, 0) is 24.5 Å². The van der Waals surface area contributed by atoms with Crippen molar-refractivity contribution in [1.29, 1.82) is 0 Å². The molecule has 0 aliphatic rings. The van der Waals surface area contributed by atoms with Gasteiger partial charge in [0.05, 0.1) is 5.56 Å². The molecular formula is C19H28F3N. The van der Waals surface area contributed by atoms with Crippen LogP contribution in [-0.2, 0) is 11.6 Å². The first-order valence-electron chi connectivity index (χ1n) is 8.26. The van der Waals surface area contributed by atoms with E-state index in [2.05, 4.69) is 25.7 Å². The molecule has 0 bridgehead atoms. The second kappa shape index (κ2) is 7.89. The van der Waals surface area contributed by atoms with Crippen LogP contribution < -0.4 is 5.32 Å². The van der Waals surface area contributed by atoms with Crippen LogP contribution in [0.4, 0.5) is 13.2 Å². The molecule has 1 aromatic carbocycles. The fraction of sp³-hybridized carbons (Fsp3) is 0.579. The molecular weight excluding hydrogens is 299 g/mol. The molecule has 1 rings (SSSR count). The predicted octanol–water partition coefficient (Wildman–Crippen LogP) is 6.06. The molecule has 0 amide bonds. The number of rotatable bonds is 8. The molecule has 1 aromatic rings. The van der Waals surface area contributed by atoms with Gasteiger partial charge in [-0.15, -0.1) is 0 Å². The molecule has 130 valence electrons. The fourth-order valence-electron chi connectivity index (χ4n) is 2.67. The van der Waals surface area contributed by atoms with E-state index in [4.69, 9.17) is 0 Å². The lowest BCUT2D eigenvalue weighted by Gasteiger charge is -2.32. The molecule has 1 nitrogen and oxygen atoms in total. The van der Waals surface area contributed by atoms with E-state index in [-0.39, 0.29) is 0 Å². The number of halogens is 3. The monoisotopic (exact) mass is 327 g/mol. The summed E-state index contributed by atoms with van der Waals surface area (Å²) in [7, 11) is 0. The first kappa shape index (κ1) is 19.6. The second-order valence-corrected chi connectivity index (χ2v) is 6.60. The summed E-state index contributed by atoms with van der Waals surface area (Å²) in [5.74, 6) is 0. The van der Waals surface area contributed by atoms with Crippen LogP contribution in [0.15, 0.2) is 36.5 Å². The van der Waals surface area contributed by atoms with Crippen LogP contribution in [0.3, 0.4) is 0 Å². The summed E-state index contributed by atoms with van der Waals surface area (Å²) in [6.07, 6.45) is -0.130. The minimum atomic E-state index is -4.33. The van der Waals surface area contributed by atoms with Crippen molar-refractivity contribution in [2.75, 3.05) is 0 Å². The van der Waals surface area contributed by atoms with Crippen molar-refractivity contribution >= 4 is 0 Å². The maximum absolute atomic E-state index is 12.9. The molecule has 0 unspecified atom stereocenters. The summed E-state index contributed by atoms with van der Waals surface area (Å²) in [5, 5.41) is 3.44. The standard InChI is InChI=1S/C19H28F3N/c1-6-9-17(10-7-2)23-14(3)18(4,5)15-11-8-12-16(13-15)19(20,21)22/h8,11-13,17,23H,3,6-7,9-10H2,1-2,4-5H3. The van der Waals surface area contributed by atoms with Crippen molar-refractivity contribution < 1.29 is 13.2 Å². The van der Waals surface area contributed by atoms with Crippen molar-refractivity contribution in [3.63, 3.8) is 0 Å². The molecule has 0 radical (unpaired) electrons. The van der Waals surface area contributed by atoms with Gasteiger partial charge in [-0.2, -0.15) is 13.2 Å². The van der Waals surface area contributed by atoms with Crippen LogP contribution in [0.1, 0.15) is 64.5 Å². The number of hydrogen-bond donors (Lipinski definition) is 1. The van der Waals surface area contributed by atoms with Crippen LogP contribution in [0.25, 0.3) is 0 Å². The third-order valence-corrected chi connectivity index (χ3v) is 4.32. The highest BCUT2D eigenvalue weighted by molar-refractivity contribution is 5.36. The van der Waals surface area contributed by atoms with Gasteiger partial charge in [0, 0.05) is 17.2 Å². The molecule has 0 saturated heterocycles. The number of alkyl halides is 3. The van der Waals surface area contributed by atoms with E-state index in [0.717, 1.165) is 37.4 Å². The summed E-state index contributed by atoms with van der Waals surface area (Å²) < 4.78 is 38.8. The molecule has 4 heteroatoms. The Morgan fingerprint density at radius 2 is 1.61 bits per heavy atom. The van der Waals surface area contributed by atoms with Crippen LogP contribution in [0.5, 0.6) is 0 Å². The third kappa shape index (κ3) is 5.29. The Labute approximate surface area is 138 Å². The van der Waals surface area contributed by atoms with Crippen molar-refractivity contribution in [2.45, 2.75) is 71.0 Å². The summed E-state index contributed by atoms with van der Waals surface area (Å²) in [6.45, 7) is 12.2. The van der Waals surface area contributed by atoms with Crippen LogP contribution in [-0.4, -0.2) is 6.04 Å². The third-order valence-electron chi connectivity index (χ3n) is 4.32. The average Bonchev–Trinajstić information content (AvgIpc) is 2.47. The average molecular weight is 327 g/mol. The fourth-order valence-corrected chi connectivity index (χ4v) is 2.67. The van der Waals surface area contributed by atoms with Crippen molar-refractivity contribution in [2.24, 2.45) is 0 Å². The minimum Gasteiger partial charge on any atom is -0.385 e. The molecule has 1 N–H and O–H groups in total. The van der Waals surface area contributed by atoms with E-state index < -0.39 is 17.2 Å². The molecule has 0 aliphatic carbocycles. The number of benzene rings is 1. The van der Waals surface area contributed by atoms with Gasteiger partial charge >= 0.3 is 6.18 Å². The first-order valence-corrected chi connectivity index (χ1v) is 8.26. The highest BCUT2D eigenvalue weighted by Crippen LogP contribution is 2.35. The molecule has 23 heavy (non-hydrogen) atoms. The SMILES string of the molecule is C=C(NC(CCC)CCC)C(C)(C)c1cccc(C(F)(F)F)c1. The van der Waals surface area contributed by atoms with Crippen molar-refractivity contribution in [1.82, 2.24) is 5.32 Å². The van der Waals surface area contributed by atoms with E-state index in [1.54, 1.807) is 6.07 Å². The van der Waals surface area contributed by atoms with Crippen molar-refractivity contribution in [3.8, 4) is 0 Å². The van der Waals surface area contributed by atoms with E-state index in [0.29, 0.717) is 11.6 Å².